The van der Waals surface area contributed by atoms with Crippen LogP contribution < -0.4 is 0 Å². The Morgan fingerprint density at radius 2 is 1.83 bits per heavy atom. The van der Waals surface area contributed by atoms with Crippen molar-refractivity contribution in [3.63, 3.8) is 0 Å². The van der Waals surface area contributed by atoms with E-state index in [9.17, 15) is 14.4 Å². The van der Waals surface area contributed by atoms with Gasteiger partial charge in [-0.2, -0.15) is 0 Å². The minimum absolute atomic E-state index is 0.0518. The second-order valence-electron chi connectivity index (χ2n) is 6.80. The SMILES string of the molecule is CCOC(=O)C(C(=O)OCC)C1=CC2c3ccccc3C(=O)N2Cc2ccsc21. The fourth-order valence-corrected chi connectivity index (χ4v) is 4.89. The van der Waals surface area contributed by atoms with Gasteiger partial charge in [-0.15, -0.1) is 11.3 Å². The highest BCUT2D eigenvalue weighted by Crippen LogP contribution is 2.44. The number of amides is 1. The number of hydrogen-bond donors (Lipinski definition) is 0. The van der Waals surface area contributed by atoms with E-state index in [1.54, 1.807) is 18.7 Å². The number of hydrogen-bond acceptors (Lipinski definition) is 6. The standard InChI is InChI=1S/C22H21NO5S/c1-3-27-21(25)18(22(26)28-4-2)16-11-17-14-7-5-6-8-15(14)20(24)23(17)12-13-9-10-29-19(13)16/h5-11,17-18H,3-4,12H2,1-2H3. The predicted octanol–water partition coefficient (Wildman–Crippen LogP) is 3.58. The van der Waals surface area contributed by atoms with Crippen molar-refractivity contribution in [3.05, 3.63) is 63.4 Å². The van der Waals surface area contributed by atoms with Gasteiger partial charge < -0.3 is 14.4 Å². The van der Waals surface area contributed by atoms with Crippen LogP contribution in [0.3, 0.4) is 0 Å². The van der Waals surface area contributed by atoms with Gasteiger partial charge in [-0.25, -0.2) is 0 Å². The first-order chi connectivity index (χ1) is 14.1. The van der Waals surface area contributed by atoms with Gasteiger partial charge >= 0.3 is 11.9 Å². The molecule has 1 atom stereocenters. The second-order valence-corrected chi connectivity index (χ2v) is 7.72. The van der Waals surface area contributed by atoms with Crippen molar-refractivity contribution >= 4 is 34.8 Å². The lowest BCUT2D eigenvalue weighted by Crippen LogP contribution is -2.29. The zero-order chi connectivity index (χ0) is 20.5. The normalized spacial score (nSPS) is 17.2. The van der Waals surface area contributed by atoms with Crippen LogP contribution in [0.15, 0.2) is 41.8 Å². The Morgan fingerprint density at radius 1 is 1.14 bits per heavy atom. The lowest BCUT2D eigenvalue weighted by Gasteiger charge is -2.21. The molecule has 1 aromatic heterocycles. The first-order valence-electron chi connectivity index (χ1n) is 9.58. The van der Waals surface area contributed by atoms with E-state index in [-0.39, 0.29) is 25.2 Å². The number of carbonyl (C=O) groups excluding carboxylic acids is 3. The molecule has 0 aliphatic carbocycles. The van der Waals surface area contributed by atoms with Crippen LogP contribution in [0.1, 0.15) is 46.3 Å². The Morgan fingerprint density at radius 3 is 2.52 bits per heavy atom. The molecule has 3 heterocycles. The van der Waals surface area contributed by atoms with Crippen molar-refractivity contribution in [3.8, 4) is 0 Å². The van der Waals surface area contributed by atoms with Crippen LogP contribution in [0, 0.1) is 5.92 Å². The molecule has 29 heavy (non-hydrogen) atoms. The van der Waals surface area contributed by atoms with Gasteiger partial charge in [0.25, 0.3) is 5.91 Å². The Labute approximate surface area is 172 Å². The minimum atomic E-state index is -1.19. The molecular formula is C22H21NO5S. The number of nitrogens with zero attached hydrogens (tertiary/aromatic N) is 1. The molecule has 4 rings (SSSR count). The van der Waals surface area contributed by atoms with Gasteiger partial charge in [0.2, 0.25) is 0 Å². The van der Waals surface area contributed by atoms with Crippen LogP contribution >= 0.6 is 11.3 Å². The molecule has 2 aromatic rings. The van der Waals surface area contributed by atoms with Gasteiger partial charge in [-0.05, 0) is 48.1 Å². The molecule has 0 saturated carbocycles. The summed E-state index contributed by atoms with van der Waals surface area (Å²) in [6, 6.07) is 9.03. The van der Waals surface area contributed by atoms with E-state index >= 15 is 0 Å². The average molecular weight is 411 g/mol. The number of carbonyl (C=O) groups is 3. The highest BCUT2D eigenvalue weighted by molar-refractivity contribution is 7.11. The van der Waals surface area contributed by atoms with Gasteiger partial charge in [-0.3, -0.25) is 14.4 Å². The summed E-state index contributed by atoms with van der Waals surface area (Å²) in [5, 5.41) is 1.90. The van der Waals surface area contributed by atoms with Crippen molar-refractivity contribution in [1.82, 2.24) is 4.90 Å². The van der Waals surface area contributed by atoms with Crippen molar-refractivity contribution in [2.45, 2.75) is 26.4 Å². The van der Waals surface area contributed by atoms with E-state index in [1.807, 2.05) is 41.8 Å². The Hall–Kier alpha value is -2.93. The molecule has 6 nitrogen and oxygen atoms in total. The van der Waals surface area contributed by atoms with Crippen LogP contribution in [0.5, 0.6) is 0 Å². The summed E-state index contributed by atoms with van der Waals surface area (Å²) in [5.41, 5.74) is 2.97. The maximum Gasteiger partial charge on any atom is 0.324 e. The summed E-state index contributed by atoms with van der Waals surface area (Å²) in [4.78, 5) is 41.1. The molecule has 1 unspecified atom stereocenters. The highest BCUT2D eigenvalue weighted by Gasteiger charge is 2.42. The molecule has 0 fully saturated rings. The molecule has 2 aliphatic heterocycles. The largest absolute Gasteiger partial charge is 0.465 e. The van der Waals surface area contributed by atoms with Crippen LogP contribution in [0.4, 0.5) is 0 Å². The van der Waals surface area contributed by atoms with E-state index in [1.165, 1.54) is 11.3 Å². The molecule has 2 aliphatic rings. The average Bonchev–Trinajstić information content (AvgIpc) is 3.22. The molecule has 0 bridgehead atoms. The summed E-state index contributed by atoms with van der Waals surface area (Å²) in [5.74, 6) is -2.51. The van der Waals surface area contributed by atoms with E-state index in [0.29, 0.717) is 17.7 Å². The first-order valence-corrected chi connectivity index (χ1v) is 10.5. The number of rotatable bonds is 5. The molecule has 1 amide bonds. The van der Waals surface area contributed by atoms with Crippen molar-refractivity contribution in [1.29, 1.82) is 0 Å². The smallest absolute Gasteiger partial charge is 0.324 e. The van der Waals surface area contributed by atoms with E-state index < -0.39 is 17.9 Å². The van der Waals surface area contributed by atoms with Crippen molar-refractivity contribution in [2.24, 2.45) is 5.92 Å². The lowest BCUT2D eigenvalue weighted by atomic mass is 9.93. The predicted molar refractivity (Wildman–Crippen MR) is 108 cm³/mol. The molecule has 0 saturated heterocycles. The van der Waals surface area contributed by atoms with E-state index in [4.69, 9.17) is 9.47 Å². The van der Waals surface area contributed by atoms with Gasteiger partial charge in [-0.1, -0.05) is 24.3 Å². The fourth-order valence-electron chi connectivity index (χ4n) is 3.92. The van der Waals surface area contributed by atoms with E-state index in [0.717, 1.165) is 16.0 Å². The maximum absolute atomic E-state index is 13.0. The monoisotopic (exact) mass is 411 g/mol. The molecule has 7 heteroatoms. The summed E-state index contributed by atoms with van der Waals surface area (Å²) < 4.78 is 10.4. The van der Waals surface area contributed by atoms with Gasteiger partial charge in [0.05, 0.1) is 19.3 Å². The summed E-state index contributed by atoms with van der Waals surface area (Å²) >= 11 is 1.45. The topological polar surface area (TPSA) is 72.9 Å². The first kappa shape index (κ1) is 19.4. The van der Waals surface area contributed by atoms with E-state index in [2.05, 4.69) is 0 Å². The minimum Gasteiger partial charge on any atom is -0.465 e. The number of thiophene rings is 1. The second kappa shape index (κ2) is 7.83. The van der Waals surface area contributed by atoms with Gasteiger partial charge in [0, 0.05) is 17.0 Å². The summed E-state index contributed by atoms with van der Waals surface area (Å²) in [6.07, 6.45) is 1.85. The molecule has 0 spiro atoms. The highest BCUT2D eigenvalue weighted by atomic mass is 32.1. The zero-order valence-electron chi connectivity index (χ0n) is 16.2. The van der Waals surface area contributed by atoms with Crippen LogP contribution in [-0.4, -0.2) is 36.0 Å². The van der Waals surface area contributed by atoms with Crippen molar-refractivity contribution in [2.75, 3.05) is 13.2 Å². The van der Waals surface area contributed by atoms with Gasteiger partial charge in [0.15, 0.2) is 5.92 Å². The molecule has 1 aromatic carbocycles. The molecule has 0 radical (unpaired) electrons. The third-order valence-electron chi connectivity index (χ3n) is 5.15. The quantitative estimate of drug-likeness (QED) is 0.555. The third kappa shape index (κ3) is 3.25. The third-order valence-corrected chi connectivity index (χ3v) is 6.15. The molecule has 150 valence electrons. The number of ether oxygens (including phenoxy) is 2. The number of fused-ring (bicyclic) bond motifs is 4. The Bertz CT molecular complexity index is 990. The zero-order valence-corrected chi connectivity index (χ0v) is 17.0. The summed E-state index contributed by atoms with van der Waals surface area (Å²) in [6.45, 7) is 4.14. The fraction of sp³-hybridized carbons (Fsp3) is 0.318. The maximum atomic E-state index is 13.0. The number of esters is 2. The van der Waals surface area contributed by atoms with Crippen LogP contribution in [-0.2, 0) is 25.6 Å². The van der Waals surface area contributed by atoms with Gasteiger partial charge in [0.1, 0.15) is 0 Å². The summed E-state index contributed by atoms with van der Waals surface area (Å²) in [7, 11) is 0. The van der Waals surface area contributed by atoms with Crippen molar-refractivity contribution < 1.29 is 23.9 Å². The number of benzene rings is 1. The lowest BCUT2D eigenvalue weighted by molar-refractivity contribution is -0.158. The van der Waals surface area contributed by atoms with Crippen LogP contribution in [0.2, 0.25) is 0 Å². The Balaban J connectivity index is 1.88. The van der Waals surface area contributed by atoms with Crippen LogP contribution in [0.25, 0.3) is 5.57 Å². The Kier molecular flexibility index (Phi) is 5.24. The molecular weight excluding hydrogens is 390 g/mol. The molecule has 0 N–H and O–H groups in total.